The Labute approximate surface area is 74.7 Å². The average molecular weight is 172 g/mol. The van der Waals surface area contributed by atoms with E-state index in [-0.39, 0.29) is 5.72 Å². The molecule has 1 unspecified atom stereocenters. The van der Waals surface area contributed by atoms with Crippen LogP contribution in [-0.4, -0.2) is 25.4 Å². The van der Waals surface area contributed by atoms with E-state index in [9.17, 15) is 0 Å². The maximum Gasteiger partial charge on any atom is 0.129 e. The van der Waals surface area contributed by atoms with Gasteiger partial charge in [0.2, 0.25) is 0 Å². The number of hydrogen-bond donors (Lipinski definition) is 2. The normalized spacial score (nSPS) is 30.5. The molecule has 1 aliphatic rings. The van der Waals surface area contributed by atoms with E-state index in [1.807, 2.05) is 0 Å². The molecule has 72 valence electrons. The zero-order valence-electron chi connectivity index (χ0n) is 7.94. The summed E-state index contributed by atoms with van der Waals surface area (Å²) in [5, 5.41) is 3.25. The molecule has 0 radical (unpaired) electrons. The molecule has 0 amide bonds. The van der Waals surface area contributed by atoms with Crippen LogP contribution in [0.15, 0.2) is 0 Å². The topological polar surface area (TPSA) is 47.3 Å². The second kappa shape index (κ2) is 4.80. The Balaban J connectivity index is 2.17. The molecule has 0 aromatic rings. The molecule has 12 heavy (non-hydrogen) atoms. The number of ether oxygens (including phenoxy) is 1. The summed E-state index contributed by atoms with van der Waals surface area (Å²) in [5.74, 6) is 0. The van der Waals surface area contributed by atoms with Crippen molar-refractivity contribution in [2.75, 3.05) is 19.7 Å². The number of rotatable bonds is 4. The molecular weight excluding hydrogens is 152 g/mol. The van der Waals surface area contributed by atoms with Gasteiger partial charge >= 0.3 is 0 Å². The van der Waals surface area contributed by atoms with E-state index < -0.39 is 0 Å². The first-order valence-electron chi connectivity index (χ1n) is 4.90. The van der Waals surface area contributed by atoms with E-state index in [0.717, 1.165) is 26.1 Å². The van der Waals surface area contributed by atoms with Crippen LogP contribution in [0.25, 0.3) is 0 Å². The van der Waals surface area contributed by atoms with Crippen molar-refractivity contribution in [2.45, 2.75) is 38.3 Å². The van der Waals surface area contributed by atoms with Gasteiger partial charge < -0.3 is 15.8 Å². The van der Waals surface area contributed by atoms with Gasteiger partial charge in [0.05, 0.1) is 6.61 Å². The number of unbranched alkanes of at least 4 members (excludes halogenated alkanes) is 2. The lowest BCUT2D eigenvalue weighted by atomic mass is 10.0. The number of morpholine rings is 1. The highest BCUT2D eigenvalue weighted by Gasteiger charge is 2.27. The Morgan fingerprint density at radius 3 is 2.92 bits per heavy atom. The van der Waals surface area contributed by atoms with Gasteiger partial charge in [0, 0.05) is 13.1 Å². The highest BCUT2D eigenvalue weighted by atomic mass is 16.5. The van der Waals surface area contributed by atoms with E-state index in [2.05, 4.69) is 12.2 Å². The van der Waals surface area contributed by atoms with Gasteiger partial charge in [-0.25, -0.2) is 0 Å². The molecule has 1 heterocycles. The minimum absolute atomic E-state index is 0.382. The molecule has 3 N–H and O–H groups in total. The van der Waals surface area contributed by atoms with Crippen molar-refractivity contribution < 1.29 is 4.74 Å². The Morgan fingerprint density at radius 1 is 1.50 bits per heavy atom. The highest BCUT2D eigenvalue weighted by Crippen LogP contribution is 2.15. The van der Waals surface area contributed by atoms with Gasteiger partial charge in [-0.15, -0.1) is 0 Å². The van der Waals surface area contributed by atoms with E-state index in [1.54, 1.807) is 0 Å². The molecule has 1 fully saturated rings. The van der Waals surface area contributed by atoms with E-state index in [1.165, 1.54) is 19.3 Å². The van der Waals surface area contributed by atoms with Crippen LogP contribution >= 0.6 is 0 Å². The predicted octanol–water partition coefficient (Wildman–Crippen LogP) is 0.842. The Morgan fingerprint density at radius 2 is 2.33 bits per heavy atom. The second-order valence-corrected chi connectivity index (χ2v) is 3.55. The van der Waals surface area contributed by atoms with Crippen molar-refractivity contribution in [2.24, 2.45) is 5.73 Å². The SMILES string of the molecule is CCCCCC1(N)CNCCO1. The summed E-state index contributed by atoms with van der Waals surface area (Å²) < 4.78 is 5.53. The quantitative estimate of drug-likeness (QED) is 0.618. The third-order valence-corrected chi connectivity index (χ3v) is 2.30. The number of nitrogens with two attached hydrogens (primary N) is 1. The van der Waals surface area contributed by atoms with Crippen molar-refractivity contribution in [3.63, 3.8) is 0 Å². The van der Waals surface area contributed by atoms with Gasteiger partial charge in [-0.05, 0) is 12.8 Å². The monoisotopic (exact) mass is 172 g/mol. The van der Waals surface area contributed by atoms with Gasteiger partial charge in [-0.3, -0.25) is 0 Å². The Bertz CT molecular complexity index is 122. The first-order valence-corrected chi connectivity index (χ1v) is 4.90. The average Bonchev–Trinajstić information content (AvgIpc) is 2.06. The molecule has 1 rings (SSSR count). The molecule has 0 bridgehead atoms. The number of hydrogen-bond acceptors (Lipinski definition) is 3. The van der Waals surface area contributed by atoms with Crippen LogP contribution in [0.4, 0.5) is 0 Å². The van der Waals surface area contributed by atoms with E-state index >= 15 is 0 Å². The number of nitrogens with one attached hydrogen (secondary N) is 1. The van der Waals surface area contributed by atoms with Gasteiger partial charge in [0.1, 0.15) is 5.72 Å². The van der Waals surface area contributed by atoms with Crippen LogP contribution in [-0.2, 0) is 4.74 Å². The lowest BCUT2D eigenvalue weighted by molar-refractivity contribution is -0.0680. The van der Waals surface area contributed by atoms with Crippen LogP contribution in [0.1, 0.15) is 32.6 Å². The van der Waals surface area contributed by atoms with Crippen LogP contribution in [0.5, 0.6) is 0 Å². The van der Waals surface area contributed by atoms with E-state index in [0.29, 0.717) is 0 Å². The molecule has 0 spiro atoms. The standard InChI is InChI=1S/C9H20N2O/c1-2-3-4-5-9(10)8-11-6-7-12-9/h11H,2-8,10H2,1H3. The summed E-state index contributed by atoms with van der Waals surface area (Å²) in [7, 11) is 0. The van der Waals surface area contributed by atoms with Crippen LogP contribution in [0.2, 0.25) is 0 Å². The molecule has 3 nitrogen and oxygen atoms in total. The fourth-order valence-electron chi connectivity index (χ4n) is 1.51. The van der Waals surface area contributed by atoms with Crippen molar-refractivity contribution in [1.29, 1.82) is 0 Å². The molecular formula is C9H20N2O. The molecule has 1 saturated heterocycles. The predicted molar refractivity (Wildman–Crippen MR) is 49.9 cm³/mol. The smallest absolute Gasteiger partial charge is 0.129 e. The van der Waals surface area contributed by atoms with Crippen LogP contribution < -0.4 is 11.1 Å². The molecule has 3 heteroatoms. The summed E-state index contributed by atoms with van der Waals surface area (Å²) >= 11 is 0. The molecule has 1 atom stereocenters. The van der Waals surface area contributed by atoms with Gasteiger partial charge in [-0.1, -0.05) is 19.8 Å². The first kappa shape index (κ1) is 9.96. The first-order chi connectivity index (χ1) is 5.77. The summed E-state index contributed by atoms with van der Waals surface area (Å²) in [6, 6.07) is 0. The van der Waals surface area contributed by atoms with Crippen molar-refractivity contribution in [1.82, 2.24) is 5.32 Å². The van der Waals surface area contributed by atoms with Crippen LogP contribution in [0, 0.1) is 0 Å². The van der Waals surface area contributed by atoms with Gasteiger partial charge in [0.25, 0.3) is 0 Å². The third kappa shape index (κ3) is 3.09. The maximum atomic E-state index is 6.02. The molecule has 1 aliphatic heterocycles. The van der Waals surface area contributed by atoms with Crippen molar-refractivity contribution >= 4 is 0 Å². The minimum Gasteiger partial charge on any atom is -0.358 e. The van der Waals surface area contributed by atoms with E-state index in [4.69, 9.17) is 10.5 Å². The lowest BCUT2D eigenvalue weighted by Gasteiger charge is -2.34. The fraction of sp³-hybridized carbons (Fsp3) is 1.00. The third-order valence-electron chi connectivity index (χ3n) is 2.30. The maximum absolute atomic E-state index is 6.02. The summed E-state index contributed by atoms with van der Waals surface area (Å²) in [6.45, 7) is 4.69. The van der Waals surface area contributed by atoms with Crippen molar-refractivity contribution in [3.05, 3.63) is 0 Å². The zero-order valence-corrected chi connectivity index (χ0v) is 7.94. The Kier molecular flexibility index (Phi) is 3.98. The van der Waals surface area contributed by atoms with Gasteiger partial charge in [0.15, 0.2) is 0 Å². The zero-order chi connectivity index (χ0) is 8.86. The lowest BCUT2D eigenvalue weighted by Crippen LogP contribution is -2.56. The largest absolute Gasteiger partial charge is 0.358 e. The Hall–Kier alpha value is -0.120. The van der Waals surface area contributed by atoms with Crippen molar-refractivity contribution in [3.8, 4) is 0 Å². The highest BCUT2D eigenvalue weighted by molar-refractivity contribution is 4.79. The summed E-state index contributed by atoms with van der Waals surface area (Å²) in [5.41, 5.74) is 5.63. The molecule has 0 aromatic heterocycles. The molecule has 0 aliphatic carbocycles. The van der Waals surface area contributed by atoms with Gasteiger partial charge in [-0.2, -0.15) is 0 Å². The van der Waals surface area contributed by atoms with Crippen LogP contribution in [0.3, 0.4) is 0 Å². The molecule has 0 saturated carbocycles. The minimum atomic E-state index is -0.382. The summed E-state index contributed by atoms with van der Waals surface area (Å²) in [4.78, 5) is 0. The summed E-state index contributed by atoms with van der Waals surface area (Å²) in [6.07, 6.45) is 4.65. The fourth-order valence-corrected chi connectivity index (χ4v) is 1.51. The second-order valence-electron chi connectivity index (χ2n) is 3.55. The molecule has 0 aromatic carbocycles.